The molecule has 19 heavy (non-hydrogen) atoms. The molecule has 2 rings (SSSR count). The lowest BCUT2D eigenvalue weighted by molar-refractivity contribution is -0.149. The number of esters is 1. The van der Waals surface area contributed by atoms with Crippen molar-refractivity contribution in [3.63, 3.8) is 0 Å². The van der Waals surface area contributed by atoms with Crippen molar-refractivity contribution in [1.29, 1.82) is 0 Å². The number of ether oxygens (including phenoxy) is 2. The summed E-state index contributed by atoms with van der Waals surface area (Å²) < 4.78 is 10.0. The van der Waals surface area contributed by atoms with Crippen molar-refractivity contribution in [2.24, 2.45) is 5.41 Å². The summed E-state index contributed by atoms with van der Waals surface area (Å²) in [6.45, 7) is 3.59. The van der Waals surface area contributed by atoms with Gasteiger partial charge in [-0.05, 0) is 49.9 Å². The third-order valence-corrected chi connectivity index (χ3v) is 4.03. The van der Waals surface area contributed by atoms with Crippen molar-refractivity contribution < 1.29 is 19.1 Å². The van der Waals surface area contributed by atoms with Gasteiger partial charge in [-0.15, -0.1) is 0 Å². The van der Waals surface area contributed by atoms with Gasteiger partial charge in [0.05, 0.1) is 14.2 Å². The van der Waals surface area contributed by atoms with Crippen molar-refractivity contribution in [3.8, 4) is 5.75 Å². The van der Waals surface area contributed by atoms with E-state index in [2.05, 4.69) is 0 Å². The molecule has 0 aromatic heterocycles. The summed E-state index contributed by atoms with van der Waals surface area (Å²) in [4.78, 5) is 24.4. The Hall–Kier alpha value is -1.84. The molecule has 1 atom stereocenters. The Morgan fingerprint density at radius 1 is 1.32 bits per heavy atom. The van der Waals surface area contributed by atoms with Gasteiger partial charge >= 0.3 is 5.97 Å². The molecule has 1 unspecified atom stereocenters. The third kappa shape index (κ3) is 1.91. The Bertz CT molecular complexity index is 547. The van der Waals surface area contributed by atoms with Crippen LogP contribution in [0.25, 0.3) is 0 Å². The van der Waals surface area contributed by atoms with Crippen molar-refractivity contribution in [2.45, 2.75) is 26.7 Å². The largest absolute Gasteiger partial charge is 0.496 e. The fourth-order valence-corrected chi connectivity index (χ4v) is 2.70. The van der Waals surface area contributed by atoms with Crippen molar-refractivity contribution in [2.75, 3.05) is 14.2 Å². The predicted octanol–water partition coefficient (Wildman–Crippen LogP) is 2.31. The molecule has 1 aliphatic carbocycles. The van der Waals surface area contributed by atoms with Crippen molar-refractivity contribution in [1.82, 2.24) is 0 Å². The lowest BCUT2D eigenvalue weighted by Crippen LogP contribution is -2.41. The average Bonchev–Trinajstić information content (AvgIpc) is 2.42. The van der Waals surface area contributed by atoms with Crippen LogP contribution in [0, 0.1) is 12.3 Å². The molecule has 0 amide bonds. The highest BCUT2D eigenvalue weighted by atomic mass is 16.5. The molecular weight excluding hydrogens is 244 g/mol. The number of benzene rings is 1. The first-order valence-corrected chi connectivity index (χ1v) is 6.25. The summed E-state index contributed by atoms with van der Waals surface area (Å²) in [6, 6.07) is 3.51. The number of ketones is 1. The molecule has 0 fully saturated rings. The van der Waals surface area contributed by atoms with Gasteiger partial charge in [0.2, 0.25) is 0 Å². The number of hydrogen-bond acceptors (Lipinski definition) is 4. The zero-order valence-electron chi connectivity index (χ0n) is 11.7. The summed E-state index contributed by atoms with van der Waals surface area (Å²) in [5, 5.41) is 0. The minimum Gasteiger partial charge on any atom is -0.496 e. The average molecular weight is 262 g/mol. The Morgan fingerprint density at radius 2 is 2.00 bits per heavy atom. The summed E-state index contributed by atoms with van der Waals surface area (Å²) in [5.74, 6) is 0.149. The van der Waals surface area contributed by atoms with Gasteiger partial charge in [-0.3, -0.25) is 9.59 Å². The maximum Gasteiger partial charge on any atom is 0.319 e. The normalized spacial score (nSPS) is 21.8. The Kier molecular flexibility index (Phi) is 3.35. The maximum atomic E-state index is 12.5. The van der Waals surface area contributed by atoms with E-state index in [1.54, 1.807) is 26.2 Å². The summed E-state index contributed by atoms with van der Waals surface area (Å²) in [7, 11) is 2.92. The second kappa shape index (κ2) is 4.68. The van der Waals surface area contributed by atoms with E-state index in [1.165, 1.54) is 7.11 Å². The molecule has 1 aromatic rings. The number of methoxy groups -OCH3 is 2. The Morgan fingerprint density at radius 3 is 2.58 bits per heavy atom. The summed E-state index contributed by atoms with van der Waals surface area (Å²) in [5.41, 5.74) is 1.49. The number of carbonyl (C=O) groups excluding carboxylic acids is 2. The number of hydrogen-bond donors (Lipinski definition) is 0. The minimum atomic E-state index is -1.07. The fraction of sp³-hybridized carbons (Fsp3) is 0.467. The van der Waals surface area contributed by atoms with Gasteiger partial charge in [0.1, 0.15) is 11.2 Å². The number of Topliss-reactive ketones (excluding diaryl/α,β-unsaturated/α-hetero) is 1. The Labute approximate surface area is 112 Å². The van der Waals surface area contributed by atoms with Crippen LogP contribution in [-0.4, -0.2) is 26.0 Å². The highest BCUT2D eigenvalue weighted by Crippen LogP contribution is 2.39. The van der Waals surface area contributed by atoms with Gasteiger partial charge in [0.15, 0.2) is 5.78 Å². The fourth-order valence-electron chi connectivity index (χ4n) is 2.70. The quantitative estimate of drug-likeness (QED) is 0.606. The topological polar surface area (TPSA) is 52.6 Å². The van der Waals surface area contributed by atoms with E-state index in [9.17, 15) is 9.59 Å². The van der Waals surface area contributed by atoms with Gasteiger partial charge < -0.3 is 9.47 Å². The van der Waals surface area contributed by atoms with Crippen molar-refractivity contribution in [3.05, 3.63) is 28.8 Å². The Balaban J connectivity index is 2.52. The molecule has 0 aliphatic heterocycles. The van der Waals surface area contributed by atoms with Gasteiger partial charge in [-0.25, -0.2) is 0 Å². The van der Waals surface area contributed by atoms with Crippen LogP contribution in [0.4, 0.5) is 0 Å². The summed E-state index contributed by atoms with van der Waals surface area (Å²) in [6.07, 6.45) is 1.15. The second-order valence-electron chi connectivity index (χ2n) is 5.07. The summed E-state index contributed by atoms with van der Waals surface area (Å²) >= 11 is 0. The van der Waals surface area contributed by atoms with Gasteiger partial charge in [-0.1, -0.05) is 0 Å². The van der Waals surface area contributed by atoms with E-state index < -0.39 is 11.4 Å². The van der Waals surface area contributed by atoms with Gasteiger partial charge in [-0.2, -0.15) is 0 Å². The third-order valence-electron chi connectivity index (χ3n) is 4.03. The zero-order valence-corrected chi connectivity index (χ0v) is 11.7. The molecule has 0 heterocycles. The van der Waals surface area contributed by atoms with Crippen LogP contribution < -0.4 is 4.74 Å². The van der Waals surface area contributed by atoms with Crippen LogP contribution in [0.2, 0.25) is 0 Å². The molecule has 102 valence electrons. The molecule has 1 aromatic carbocycles. The van der Waals surface area contributed by atoms with Crippen LogP contribution in [0.3, 0.4) is 0 Å². The van der Waals surface area contributed by atoms with Crippen LogP contribution in [0.15, 0.2) is 12.1 Å². The van der Waals surface area contributed by atoms with E-state index in [0.29, 0.717) is 18.4 Å². The molecule has 0 spiro atoms. The van der Waals surface area contributed by atoms with E-state index in [-0.39, 0.29) is 5.78 Å². The van der Waals surface area contributed by atoms with Crippen LogP contribution in [0.5, 0.6) is 5.75 Å². The smallest absolute Gasteiger partial charge is 0.319 e. The van der Waals surface area contributed by atoms with Crippen LogP contribution in [-0.2, 0) is 16.0 Å². The highest BCUT2D eigenvalue weighted by molar-refractivity contribution is 6.14. The van der Waals surface area contributed by atoms with E-state index in [1.807, 2.05) is 6.92 Å². The molecule has 4 nitrogen and oxygen atoms in total. The monoisotopic (exact) mass is 262 g/mol. The second-order valence-corrected chi connectivity index (χ2v) is 5.07. The predicted molar refractivity (Wildman–Crippen MR) is 70.5 cm³/mol. The van der Waals surface area contributed by atoms with Gasteiger partial charge in [0.25, 0.3) is 0 Å². The van der Waals surface area contributed by atoms with E-state index in [4.69, 9.17) is 9.47 Å². The molecule has 1 aliphatic rings. The first kappa shape index (κ1) is 13.6. The lowest BCUT2D eigenvalue weighted by Gasteiger charge is -2.31. The highest BCUT2D eigenvalue weighted by Gasteiger charge is 2.46. The molecule has 4 heteroatoms. The molecule has 0 radical (unpaired) electrons. The molecule has 0 saturated carbocycles. The SMILES string of the molecule is COC(=O)C1(C)CCc2c(ccc(OC)c2C)C1=O. The number of fused-ring (bicyclic) bond motifs is 1. The van der Waals surface area contributed by atoms with Gasteiger partial charge in [0, 0.05) is 5.56 Å². The number of rotatable bonds is 2. The van der Waals surface area contributed by atoms with Crippen LogP contribution >= 0.6 is 0 Å². The molecule has 0 saturated heterocycles. The first-order chi connectivity index (χ1) is 8.95. The lowest BCUT2D eigenvalue weighted by atomic mass is 9.71. The van der Waals surface area contributed by atoms with E-state index >= 15 is 0 Å². The van der Waals surface area contributed by atoms with Crippen molar-refractivity contribution >= 4 is 11.8 Å². The maximum absolute atomic E-state index is 12.5. The van der Waals surface area contributed by atoms with Crippen LogP contribution in [0.1, 0.15) is 34.8 Å². The molecule has 0 N–H and O–H groups in total. The van der Waals surface area contributed by atoms with E-state index in [0.717, 1.165) is 16.9 Å². The zero-order chi connectivity index (χ0) is 14.2. The molecular formula is C15H18O4. The standard InChI is InChI=1S/C15H18O4/c1-9-10-7-8-15(2,14(17)19-4)13(16)11(10)5-6-12(9)18-3/h5-6H,7-8H2,1-4H3. The molecule has 0 bridgehead atoms. The number of carbonyl (C=O) groups is 2. The first-order valence-electron chi connectivity index (χ1n) is 6.25. The minimum absolute atomic E-state index is 0.161.